The van der Waals surface area contributed by atoms with E-state index in [1.165, 1.54) is 0 Å². The van der Waals surface area contributed by atoms with E-state index in [2.05, 4.69) is 28.2 Å². The normalized spacial score (nSPS) is 25.5. The fourth-order valence-electron chi connectivity index (χ4n) is 3.11. The van der Waals surface area contributed by atoms with Crippen LogP contribution in [0.1, 0.15) is 24.9 Å². The lowest BCUT2D eigenvalue weighted by Crippen LogP contribution is -2.45. The van der Waals surface area contributed by atoms with Crippen molar-refractivity contribution in [3.8, 4) is 5.75 Å². The number of aliphatic imine (C=N–C) groups is 1. The van der Waals surface area contributed by atoms with Gasteiger partial charge < -0.3 is 20.5 Å². The van der Waals surface area contributed by atoms with Crippen molar-refractivity contribution in [2.75, 3.05) is 39.5 Å². The van der Waals surface area contributed by atoms with Gasteiger partial charge in [-0.15, -0.1) is 0 Å². The van der Waals surface area contributed by atoms with Crippen molar-refractivity contribution in [3.05, 3.63) is 29.8 Å². The van der Waals surface area contributed by atoms with Crippen LogP contribution in [-0.4, -0.2) is 56.4 Å². The van der Waals surface area contributed by atoms with Crippen LogP contribution in [0.4, 0.5) is 0 Å². The van der Waals surface area contributed by atoms with Crippen molar-refractivity contribution < 1.29 is 9.47 Å². The average molecular weight is 318 g/mol. The smallest absolute Gasteiger partial charge is 0.189 e. The van der Waals surface area contributed by atoms with Crippen molar-refractivity contribution in [1.82, 2.24) is 10.2 Å². The summed E-state index contributed by atoms with van der Waals surface area (Å²) in [6, 6.07) is 8.71. The van der Waals surface area contributed by atoms with Crippen LogP contribution in [0.15, 0.2) is 29.3 Å². The summed E-state index contributed by atoms with van der Waals surface area (Å²) in [5.41, 5.74) is 7.22. The number of hydrogen-bond acceptors (Lipinski definition) is 4. The molecule has 0 bridgehead atoms. The molecule has 1 aromatic carbocycles. The number of nitrogens with zero attached hydrogens (tertiary/aromatic N) is 2. The molecule has 6 heteroatoms. The minimum atomic E-state index is 0.172. The third-order valence-electron chi connectivity index (χ3n) is 4.46. The number of fused-ring (bicyclic) bond motifs is 1. The van der Waals surface area contributed by atoms with Gasteiger partial charge in [0, 0.05) is 31.1 Å². The molecule has 6 nitrogen and oxygen atoms in total. The van der Waals surface area contributed by atoms with E-state index in [0.29, 0.717) is 25.2 Å². The Kier molecular flexibility index (Phi) is 5.35. The first-order valence-corrected chi connectivity index (χ1v) is 8.34. The number of nitrogens with one attached hydrogen (secondary N) is 1. The second-order valence-corrected chi connectivity index (χ2v) is 6.10. The van der Waals surface area contributed by atoms with Crippen LogP contribution in [0, 0.1) is 0 Å². The topological polar surface area (TPSA) is 72.1 Å². The molecule has 1 saturated heterocycles. The fraction of sp³-hybridized carbons (Fsp3) is 0.588. The highest BCUT2D eigenvalue weighted by Crippen LogP contribution is 2.31. The molecule has 126 valence electrons. The van der Waals surface area contributed by atoms with Crippen LogP contribution in [0.5, 0.6) is 5.75 Å². The largest absolute Gasteiger partial charge is 0.493 e. The molecule has 2 unspecified atom stereocenters. The number of nitrogens with two attached hydrogens (primary N) is 1. The van der Waals surface area contributed by atoms with Gasteiger partial charge in [-0.1, -0.05) is 18.2 Å². The summed E-state index contributed by atoms with van der Waals surface area (Å²) >= 11 is 0. The Bertz CT molecular complexity index is 549. The minimum Gasteiger partial charge on any atom is -0.493 e. The van der Waals surface area contributed by atoms with Crippen LogP contribution >= 0.6 is 0 Å². The van der Waals surface area contributed by atoms with E-state index in [9.17, 15) is 0 Å². The molecule has 2 atom stereocenters. The van der Waals surface area contributed by atoms with Gasteiger partial charge in [0.1, 0.15) is 5.75 Å². The molecule has 23 heavy (non-hydrogen) atoms. The Morgan fingerprint density at radius 1 is 1.39 bits per heavy atom. The Balaban J connectivity index is 1.52. The number of rotatable bonds is 4. The summed E-state index contributed by atoms with van der Waals surface area (Å²) in [7, 11) is 0. The molecule has 2 heterocycles. The third kappa shape index (κ3) is 4.14. The first-order valence-electron chi connectivity index (χ1n) is 8.34. The zero-order valence-corrected chi connectivity index (χ0v) is 13.7. The molecule has 0 radical (unpaired) electrons. The van der Waals surface area contributed by atoms with Gasteiger partial charge in [0.05, 0.1) is 32.4 Å². The van der Waals surface area contributed by atoms with Crippen molar-refractivity contribution in [3.63, 3.8) is 0 Å². The zero-order valence-electron chi connectivity index (χ0n) is 13.7. The van der Waals surface area contributed by atoms with Crippen LogP contribution < -0.4 is 15.8 Å². The van der Waals surface area contributed by atoms with Gasteiger partial charge >= 0.3 is 0 Å². The molecule has 1 aromatic rings. The summed E-state index contributed by atoms with van der Waals surface area (Å²) in [5, 5.41) is 3.33. The SMILES string of the molecule is CC1COCCN1CCN=C(N)NC1CCOc2ccccc21. The highest BCUT2D eigenvalue weighted by atomic mass is 16.5. The van der Waals surface area contributed by atoms with E-state index in [-0.39, 0.29) is 6.04 Å². The fourth-order valence-corrected chi connectivity index (χ4v) is 3.11. The van der Waals surface area contributed by atoms with E-state index in [1.807, 2.05) is 18.2 Å². The van der Waals surface area contributed by atoms with Gasteiger partial charge in [-0.3, -0.25) is 9.89 Å². The summed E-state index contributed by atoms with van der Waals surface area (Å²) in [6.07, 6.45) is 0.897. The highest BCUT2D eigenvalue weighted by molar-refractivity contribution is 5.78. The number of morpholine rings is 1. The standard InChI is InChI=1S/C17H26N4O2/c1-13-12-22-11-9-21(13)8-7-19-17(18)20-15-6-10-23-16-5-3-2-4-14(15)16/h2-5,13,15H,6-12H2,1H3,(H3,18,19,20). The molecule has 3 rings (SSSR count). The van der Waals surface area contributed by atoms with Crippen LogP contribution in [0.2, 0.25) is 0 Å². The van der Waals surface area contributed by atoms with Gasteiger partial charge in [0.25, 0.3) is 0 Å². The second kappa shape index (κ2) is 7.66. The predicted octanol–water partition coefficient (Wildman–Crippen LogP) is 1.14. The zero-order chi connectivity index (χ0) is 16.1. The maximum absolute atomic E-state index is 6.07. The van der Waals surface area contributed by atoms with Gasteiger partial charge in [-0.2, -0.15) is 0 Å². The van der Waals surface area contributed by atoms with Crippen molar-refractivity contribution in [2.45, 2.75) is 25.4 Å². The maximum Gasteiger partial charge on any atom is 0.189 e. The molecule has 2 aliphatic heterocycles. The van der Waals surface area contributed by atoms with E-state index in [0.717, 1.165) is 44.0 Å². The monoisotopic (exact) mass is 318 g/mol. The lowest BCUT2D eigenvalue weighted by Gasteiger charge is -2.32. The lowest BCUT2D eigenvalue weighted by atomic mass is 10.0. The minimum absolute atomic E-state index is 0.172. The Morgan fingerprint density at radius 2 is 2.26 bits per heavy atom. The summed E-state index contributed by atoms with van der Waals surface area (Å²) in [5.74, 6) is 1.44. The van der Waals surface area contributed by atoms with Crippen LogP contribution in [-0.2, 0) is 4.74 Å². The quantitative estimate of drug-likeness (QED) is 0.643. The molecule has 0 saturated carbocycles. The van der Waals surface area contributed by atoms with E-state index >= 15 is 0 Å². The van der Waals surface area contributed by atoms with E-state index in [1.54, 1.807) is 0 Å². The van der Waals surface area contributed by atoms with Crippen molar-refractivity contribution in [2.24, 2.45) is 10.7 Å². The Morgan fingerprint density at radius 3 is 3.13 bits per heavy atom. The summed E-state index contributed by atoms with van der Waals surface area (Å²) < 4.78 is 11.1. The van der Waals surface area contributed by atoms with Gasteiger partial charge in [0.2, 0.25) is 0 Å². The number of ether oxygens (including phenoxy) is 2. The predicted molar refractivity (Wildman–Crippen MR) is 90.8 cm³/mol. The summed E-state index contributed by atoms with van der Waals surface area (Å²) in [6.45, 7) is 7.08. The molecule has 0 amide bonds. The van der Waals surface area contributed by atoms with E-state index in [4.69, 9.17) is 15.2 Å². The average Bonchev–Trinajstić information content (AvgIpc) is 2.57. The number of benzene rings is 1. The van der Waals surface area contributed by atoms with Gasteiger partial charge in [-0.05, 0) is 13.0 Å². The molecule has 0 aromatic heterocycles. The lowest BCUT2D eigenvalue weighted by molar-refractivity contribution is 0.00141. The second-order valence-electron chi connectivity index (χ2n) is 6.10. The van der Waals surface area contributed by atoms with Crippen molar-refractivity contribution >= 4 is 5.96 Å². The number of guanidine groups is 1. The highest BCUT2D eigenvalue weighted by Gasteiger charge is 2.21. The van der Waals surface area contributed by atoms with E-state index < -0.39 is 0 Å². The molecule has 3 N–H and O–H groups in total. The molecular formula is C17H26N4O2. The molecule has 0 spiro atoms. The summed E-state index contributed by atoms with van der Waals surface area (Å²) in [4.78, 5) is 6.87. The van der Waals surface area contributed by atoms with Crippen molar-refractivity contribution in [1.29, 1.82) is 0 Å². The number of hydrogen-bond donors (Lipinski definition) is 2. The Labute approximate surface area is 137 Å². The first kappa shape index (κ1) is 16.1. The third-order valence-corrected chi connectivity index (χ3v) is 4.46. The first-order chi connectivity index (χ1) is 11.2. The number of para-hydroxylation sites is 1. The maximum atomic E-state index is 6.07. The molecule has 0 aliphatic carbocycles. The Hall–Kier alpha value is -1.79. The molecular weight excluding hydrogens is 292 g/mol. The molecule has 1 fully saturated rings. The van der Waals surface area contributed by atoms with Gasteiger partial charge in [-0.25, -0.2) is 0 Å². The van der Waals surface area contributed by atoms with Crippen LogP contribution in [0.3, 0.4) is 0 Å². The van der Waals surface area contributed by atoms with Gasteiger partial charge in [0.15, 0.2) is 5.96 Å². The molecule has 2 aliphatic rings. The van der Waals surface area contributed by atoms with Crippen LogP contribution in [0.25, 0.3) is 0 Å².